The summed E-state index contributed by atoms with van der Waals surface area (Å²) in [6.45, 7) is 3.00. The molecule has 1 aromatic carbocycles. The molecule has 4 nitrogen and oxygen atoms in total. The Balaban J connectivity index is 3.37. The van der Waals surface area contributed by atoms with Crippen LogP contribution >= 0.6 is 11.6 Å². The summed E-state index contributed by atoms with van der Waals surface area (Å²) in [5, 5.41) is 9.19. The number of carboxylic acid groups (broad SMARTS) is 1. The van der Waals surface area contributed by atoms with Crippen LogP contribution in [0.5, 0.6) is 0 Å². The molecule has 0 aliphatic heterocycles. The number of aliphatic carboxylic acids is 1. The molecule has 0 aliphatic rings. The first-order valence-corrected chi connectivity index (χ1v) is 5.71. The average Bonchev–Trinajstić information content (AvgIpc) is 2.26. The van der Waals surface area contributed by atoms with Crippen LogP contribution in [0.3, 0.4) is 0 Å². The first kappa shape index (κ1) is 14.4. The highest BCUT2D eigenvalue weighted by Gasteiger charge is 2.32. The Labute approximate surface area is 109 Å². The third-order valence-corrected chi connectivity index (χ3v) is 2.89. The van der Waals surface area contributed by atoms with Crippen LogP contribution in [0.4, 0.5) is 4.39 Å². The number of hydrogen-bond acceptors (Lipinski definition) is 2. The molecule has 6 heteroatoms. The SMILES string of the molecule is CCN(C(C)=O)C(C(=O)O)c1c(F)cccc1Cl. The van der Waals surface area contributed by atoms with Crippen molar-refractivity contribution in [3.8, 4) is 0 Å². The quantitative estimate of drug-likeness (QED) is 0.917. The number of halogens is 2. The van der Waals surface area contributed by atoms with E-state index in [0.29, 0.717) is 0 Å². The van der Waals surface area contributed by atoms with E-state index in [2.05, 4.69) is 0 Å². The number of rotatable bonds is 4. The predicted octanol–water partition coefficient (Wildman–Crippen LogP) is 2.47. The third-order valence-electron chi connectivity index (χ3n) is 2.56. The van der Waals surface area contributed by atoms with Crippen LogP contribution in [0.25, 0.3) is 0 Å². The number of carboxylic acids is 1. The molecule has 0 aromatic heterocycles. The molecule has 1 amide bonds. The number of carbonyl (C=O) groups excluding carboxylic acids is 1. The van der Waals surface area contributed by atoms with Gasteiger partial charge in [0.25, 0.3) is 0 Å². The first-order valence-electron chi connectivity index (χ1n) is 5.34. The Kier molecular flexibility index (Phi) is 4.67. The molecule has 98 valence electrons. The van der Waals surface area contributed by atoms with E-state index >= 15 is 0 Å². The van der Waals surface area contributed by atoms with Crippen LogP contribution < -0.4 is 0 Å². The topological polar surface area (TPSA) is 57.6 Å². The van der Waals surface area contributed by atoms with Crippen molar-refractivity contribution in [2.24, 2.45) is 0 Å². The minimum atomic E-state index is -1.42. The molecular formula is C12H13ClFNO3. The van der Waals surface area contributed by atoms with Crippen molar-refractivity contribution >= 4 is 23.5 Å². The zero-order valence-corrected chi connectivity index (χ0v) is 10.7. The molecule has 0 radical (unpaired) electrons. The van der Waals surface area contributed by atoms with Crippen molar-refractivity contribution in [1.29, 1.82) is 0 Å². The zero-order valence-electron chi connectivity index (χ0n) is 9.98. The number of likely N-dealkylation sites (N-methyl/N-ethyl adjacent to an activating group) is 1. The van der Waals surface area contributed by atoms with Crippen molar-refractivity contribution in [3.05, 3.63) is 34.6 Å². The van der Waals surface area contributed by atoms with E-state index in [1.165, 1.54) is 19.1 Å². The lowest BCUT2D eigenvalue weighted by Gasteiger charge is -2.27. The van der Waals surface area contributed by atoms with Crippen molar-refractivity contribution < 1.29 is 19.1 Å². The van der Waals surface area contributed by atoms with Gasteiger partial charge in [0.05, 0.1) is 0 Å². The molecule has 1 aromatic rings. The molecule has 18 heavy (non-hydrogen) atoms. The summed E-state index contributed by atoms with van der Waals surface area (Å²) in [5.74, 6) is -2.52. The molecule has 1 rings (SSSR count). The van der Waals surface area contributed by atoms with Gasteiger partial charge in [-0.15, -0.1) is 0 Å². The van der Waals surface area contributed by atoms with Gasteiger partial charge in [-0.05, 0) is 19.1 Å². The lowest BCUT2D eigenvalue weighted by Crippen LogP contribution is -2.38. The number of hydrogen-bond donors (Lipinski definition) is 1. The lowest BCUT2D eigenvalue weighted by atomic mass is 10.0. The van der Waals surface area contributed by atoms with Gasteiger partial charge in [0.15, 0.2) is 6.04 Å². The lowest BCUT2D eigenvalue weighted by molar-refractivity contribution is -0.149. The summed E-state index contributed by atoms with van der Waals surface area (Å²) in [4.78, 5) is 23.8. The Morgan fingerprint density at radius 2 is 2.11 bits per heavy atom. The fourth-order valence-electron chi connectivity index (χ4n) is 1.77. The fourth-order valence-corrected chi connectivity index (χ4v) is 2.04. The Bertz CT molecular complexity index is 458. The summed E-state index contributed by atoms with van der Waals surface area (Å²) in [6, 6.07) is 2.47. The van der Waals surface area contributed by atoms with Crippen molar-refractivity contribution in [2.75, 3.05) is 6.54 Å². The molecule has 1 N–H and O–H groups in total. The molecular weight excluding hydrogens is 261 g/mol. The molecule has 0 heterocycles. The van der Waals surface area contributed by atoms with E-state index in [1.54, 1.807) is 6.92 Å². The van der Waals surface area contributed by atoms with E-state index in [9.17, 15) is 19.1 Å². The summed E-state index contributed by atoms with van der Waals surface area (Å²) >= 11 is 5.83. The summed E-state index contributed by atoms with van der Waals surface area (Å²) in [7, 11) is 0. The molecule has 0 spiro atoms. The Hall–Kier alpha value is -1.62. The van der Waals surface area contributed by atoms with Crippen LogP contribution in [-0.2, 0) is 9.59 Å². The number of benzene rings is 1. The summed E-state index contributed by atoms with van der Waals surface area (Å²) in [5.41, 5.74) is -0.191. The van der Waals surface area contributed by atoms with Crippen molar-refractivity contribution in [1.82, 2.24) is 4.90 Å². The zero-order chi connectivity index (χ0) is 13.9. The van der Waals surface area contributed by atoms with Gasteiger partial charge in [-0.3, -0.25) is 4.79 Å². The maximum atomic E-state index is 13.7. The highest BCUT2D eigenvalue weighted by atomic mass is 35.5. The molecule has 0 saturated heterocycles. The second-order valence-corrected chi connectivity index (χ2v) is 4.09. The normalized spacial score (nSPS) is 12.0. The van der Waals surface area contributed by atoms with Gasteiger partial charge in [0.1, 0.15) is 5.82 Å². The fraction of sp³-hybridized carbons (Fsp3) is 0.333. The van der Waals surface area contributed by atoms with Gasteiger partial charge >= 0.3 is 5.97 Å². The average molecular weight is 274 g/mol. The van der Waals surface area contributed by atoms with Gasteiger partial charge in [0.2, 0.25) is 5.91 Å². The molecule has 1 unspecified atom stereocenters. The molecule has 1 atom stereocenters. The smallest absolute Gasteiger partial charge is 0.331 e. The second kappa shape index (κ2) is 5.82. The predicted molar refractivity (Wildman–Crippen MR) is 64.8 cm³/mol. The Morgan fingerprint density at radius 3 is 2.50 bits per heavy atom. The van der Waals surface area contributed by atoms with E-state index in [4.69, 9.17) is 11.6 Å². The minimum absolute atomic E-state index is 0.0119. The monoisotopic (exact) mass is 273 g/mol. The van der Waals surface area contributed by atoms with Gasteiger partial charge in [-0.1, -0.05) is 17.7 Å². The van der Waals surface area contributed by atoms with E-state index in [0.717, 1.165) is 11.0 Å². The number of amides is 1. The molecule has 0 fully saturated rings. The van der Waals surface area contributed by atoms with E-state index < -0.39 is 23.7 Å². The number of carbonyl (C=O) groups is 2. The third kappa shape index (κ3) is 2.79. The molecule has 0 aliphatic carbocycles. The molecule has 0 saturated carbocycles. The van der Waals surface area contributed by atoms with Gasteiger partial charge in [-0.25, -0.2) is 9.18 Å². The van der Waals surface area contributed by atoms with Crippen molar-refractivity contribution in [3.63, 3.8) is 0 Å². The van der Waals surface area contributed by atoms with Gasteiger partial charge < -0.3 is 10.0 Å². The van der Waals surface area contributed by atoms with Gasteiger partial charge in [0, 0.05) is 24.1 Å². The number of nitrogens with zero attached hydrogens (tertiary/aromatic N) is 1. The highest BCUT2D eigenvalue weighted by Crippen LogP contribution is 2.30. The van der Waals surface area contributed by atoms with Crippen LogP contribution in [-0.4, -0.2) is 28.4 Å². The standard InChI is InChI=1S/C12H13ClFNO3/c1-3-15(7(2)16)11(12(17)18)10-8(13)5-4-6-9(10)14/h4-6,11H,3H2,1-2H3,(H,17,18). The maximum absolute atomic E-state index is 13.7. The van der Waals surface area contributed by atoms with Crippen molar-refractivity contribution in [2.45, 2.75) is 19.9 Å². The second-order valence-electron chi connectivity index (χ2n) is 3.68. The van der Waals surface area contributed by atoms with Gasteiger partial charge in [-0.2, -0.15) is 0 Å². The van der Waals surface area contributed by atoms with E-state index in [-0.39, 0.29) is 17.1 Å². The van der Waals surface area contributed by atoms with E-state index in [1.807, 2.05) is 0 Å². The molecule has 0 bridgehead atoms. The van der Waals surface area contributed by atoms with Crippen LogP contribution in [0, 0.1) is 5.82 Å². The highest BCUT2D eigenvalue weighted by molar-refractivity contribution is 6.31. The van der Waals surface area contributed by atoms with Crippen LogP contribution in [0.15, 0.2) is 18.2 Å². The summed E-state index contributed by atoms with van der Waals surface area (Å²) < 4.78 is 13.7. The van der Waals surface area contributed by atoms with Crippen LogP contribution in [0.1, 0.15) is 25.5 Å². The first-order chi connectivity index (χ1) is 8.40. The largest absolute Gasteiger partial charge is 0.479 e. The minimum Gasteiger partial charge on any atom is -0.479 e. The Morgan fingerprint density at radius 1 is 1.50 bits per heavy atom. The summed E-state index contributed by atoms with van der Waals surface area (Å²) in [6.07, 6.45) is 0. The van der Waals surface area contributed by atoms with Crippen LogP contribution in [0.2, 0.25) is 5.02 Å². The maximum Gasteiger partial charge on any atom is 0.331 e.